The number of amides is 2. The third kappa shape index (κ3) is 3.15. The van der Waals surface area contributed by atoms with Crippen LogP contribution in [0.25, 0.3) is 0 Å². The fraction of sp³-hybridized carbons (Fsp3) is 0.222. The molecule has 130 valence electrons. The Balaban J connectivity index is 1.78. The molecule has 2 amide bonds. The lowest BCUT2D eigenvalue weighted by Gasteiger charge is -2.15. The van der Waals surface area contributed by atoms with Crippen molar-refractivity contribution < 1.29 is 18.0 Å². The molecule has 0 atom stereocenters. The summed E-state index contributed by atoms with van der Waals surface area (Å²) < 4.78 is 25.5. The molecule has 0 saturated carbocycles. The monoisotopic (exact) mass is 358 g/mol. The van der Waals surface area contributed by atoms with E-state index >= 15 is 0 Å². The average Bonchev–Trinajstić information content (AvgIpc) is 2.76. The van der Waals surface area contributed by atoms with Crippen molar-refractivity contribution in [1.29, 1.82) is 0 Å². The molecule has 0 aliphatic carbocycles. The Kier molecular flexibility index (Phi) is 4.34. The van der Waals surface area contributed by atoms with Crippen molar-refractivity contribution in [2.75, 3.05) is 11.9 Å². The van der Waals surface area contributed by atoms with Gasteiger partial charge in [-0.15, -0.1) is 0 Å². The molecule has 25 heavy (non-hydrogen) atoms. The van der Waals surface area contributed by atoms with Crippen LogP contribution in [0, 0.1) is 0 Å². The lowest BCUT2D eigenvalue weighted by Crippen LogP contribution is -2.37. The van der Waals surface area contributed by atoms with Crippen LogP contribution >= 0.6 is 0 Å². The zero-order valence-corrected chi connectivity index (χ0v) is 14.7. The van der Waals surface area contributed by atoms with E-state index in [1.807, 2.05) is 32.0 Å². The van der Waals surface area contributed by atoms with Gasteiger partial charge in [0.05, 0.1) is 5.56 Å². The van der Waals surface area contributed by atoms with Crippen LogP contribution in [0.2, 0.25) is 0 Å². The highest BCUT2D eigenvalue weighted by molar-refractivity contribution is 7.90. The molecule has 0 aromatic heterocycles. The third-order valence-electron chi connectivity index (χ3n) is 4.04. The van der Waals surface area contributed by atoms with Crippen LogP contribution in [0.5, 0.6) is 0 Å². The third-order valence-corrected chi connectivity index (χ3v) is 5.82. The summed E-state index contributed by atoms with van der Waals surface area (Å²) in [6, 6.07) is 13.3. The highest BCUT2D eigenvalue weighted by Crippen LogP contribution is 2.29. The predicted molar refractivity (Wildman–Crippen MR) is 93.8 cm³/mol. The molecule has 1 N–H and O–H groups in total. The van der Waals surface area contributed by atoms with E-state index < -0.39 is 28.4 Å². The molecule has 0 unspecified atom stereocenters. The van der Waals surface area contributed by atoms with E-state index in [1.54, 1.807) is 18.2 Å². The van der Waals surface area contributed by atoms with Gasteiger partial charge in [0.2, 0.25) is 5.91 Å². The number of anilines is 1. The van der Waals surface area contributed by atoms with Crippen molar-refractivity contribution in [3.8, 4) is 0 Å². The van der Waals surface area contributed by atoms with E-state index in [0.29, 0.717) is 15.9 Å². The summed E-state index contributed by atoms with van der Waals surface area (Å²) in [6.07, 6.45) is 0. The summed E-state index contributed by atoms with van der Waals surface area (Å²) in [7, 11) is -3.98. The molecule has 2 aromatic rings. The van der Waals surface area contributed by atoms with Crippen LogP contribution in [0.15, 0.2) is 53.4 Å². The highest BCUT2D eigenvalue weighted by Gasteiger charge is 2.41. The van der Waals surface area contributed by atoms with Crippen LogP contribution in [0.4, 0.5) is 5.69 Å². The van der Waals surface area contributed by atoms with E-state index in [9.17, 15) is 18.0 Å². The number of hydrogen-bond donors (Lipinski definition) is 1. The Morgan fingerprint density at radius 3 is 2.52 bits per heavy atom. The largest absolute Gasteiger partial charge is 0.325 e. The minimum absolute atomic E-state index is 0.0606. The second-order valence-electron chi connectivity index (χ2n) is 6.14. The number of carbonyl (C=O) groups excluding carboxylic acids is 2. The van der Waals surface area contributed by atoms with Gasteiger partial charge in [0.25, 0.3) is 15.9 Å². The summed E-state index contributed by atoms with van der Waals surface area (Å²) in [5, 5.41) is 2.65. The molecule has 1 aliphatic heterocycles. The van der Waals surface area contributed by atoms with Gasteiger partial charge in [0.15, 0.2) is 0 Å². The summed E-state index contributed by atoms with van der Waals surface area (Å²) in [5.74, 6) is -0.945. The van der Waals surface area contributed by atoms with Crippen LogP contribution in [0.3, 0.4) is 0 Å². The molecule has 0 bridgehead atoms. The number of fused-ring (bicyclic) bond motifs is 1. The number of hydrogen-bond acceptors (Lipinski definition) is 4. The normalized spacial score (nSPS) is 15.3. The van der Waals surface area contributed by atoms with Gasteiger partial charge in [0, 0.05) is 5.69 Å². The van der Waals surface area contributed by atoms with Gasteiger partial charge in [-0.1, -0.05) is 38.1 Å². The lowest BCUT2D eigenvalue weighted by molar-refractivity contribution is -0.116. The minimum Gasteiger partial charge on any atom is -0.325 e. The number of nitrogens with zero attached hydrogens (tertiary/aromatic N) is 1. The topological polar surface area (TPSA) is 83.6 Å². The molecule has 0 fully saturated rings. The molecule has 3 rings (SSSR count). The second kappa shape index (κ2) is 6.33. The van der Waals surface area contributed by atoms with E-state index in [-0.39, 0.29) is 10.5 Å². The number of carbonyl (C=O) groups is 2. The van der Waals surface area contributed by atoms with Gasteiger partial charge in [-0.25, -0.2) is 12.7 Å². The van der Waals surface area contributed by atoms with Crippen LogP contribution in [0.1, 0.15) is 35.7 Å². The van der Waals surface area contributed by atoms with Crippen molar-refractivity contribution in [1.82, 2.24) is 4.31 Å². The number of benzene rings is 2. The Bertz CT molecular complexity index is 951. The Morgan fingerprint density at radius 2 is 1.84 bits per heavy atom. The number of rotatable bonds is 4. The first-order chi connectivity index (χ1) is 11.8. The maximum absolute atomic E-state index is 12.5. The predicted octanol–water partition coefficient (Wildman–Crippen LogP) is 2.59. The maximum Gasteiger partial charge on any atom is 0.269 e. The van der Waals surface area contributed by atoms with E-state index in [1.165, 1.54) is 12.1 Å². The molecule has 1 heterocycles. The van der Waals surface area contributed by atoms with E-state index in [0.717, 1.165) is 5.56 Å². The SMILES string of the molecule is CC(C)c1cccc(NC(=O)CN2C(=O)c3ccccc3S2(=O)=O)c1. The number of nitrogens with one attached hydrogen (secondary N) is 1. The van der Waals surface area contributed by atoms with Crippen LogP contribution in [-0.2, 0) is 14.8 Å². The van der Waals surface area contributed by atoms with Crippen LogP contribution in [-0.4, -0.2) is 31.1 Å². The maximum atomic E-state index is 12.5. The van der Waals surface area contributed by atoms with Gasteiger partial charge in [-0.05, 0) is 35.7 Å². The van der Waals surface area contributed by atoms with Gasteiger partial charge >= 0.3 is 0 Å². The molecule has 0 spiro atoms. The smallest absolute Gasteiger partial charge is 0.269 e. The average molecular weight is 358 g/mol. The minimum atomic E-state index is -3.98. The second-order valence-corrected chi connectivity index (χ2v) is 7.97. The summed E-state index contributed by atoms with van der Waals surface area (Å²) in [5.41, 5.74) is 1.71. The molecule has 7 heteroatoms. The Morgan fingerprint density at radius 1 is 1.12 bits per heavy atom. The molecule has 6 nitrogen and oxygen atoms in total. The first-order valence-electron chi connectivity index (χ1n) is 7.86. The molecule has 2 aromatic carbocycles. The first-order valence-corrected chi connectivity index (χ1v) is 9.30. The fourth-order valence-corrected chi connectivity index (χ4v) is 4.22. The van der Waals surface area contributed by atoms with Gasteiger partial charge in [-0.2, -0.15) is 0 Å². The first kappa shape index (κ1) is 17.2. The molecule has 1 aliphatic rings. The lowest BCUT2D eigenvalue weighted by atomic mass is 10.0. The summed E-state index contributed by atoms with van der Waals surface area (Å²) in [6.45, 7) is 3.52. The standard InChI is InChI=1S/C18H18N2O4S/c1-12(2)13-6-5-7-14(10-13)19-17(21)11-20-18(22)15-8-3-4-9-16(15)25(20,23)24/h3-10,12H,11H2,1-2H3,(H,19,21). The zero-order valence-electron chi connectivity index (χ0n) is 13.9. The van der Waals surface area contributed by atoms with Crippen molar-refractivity contribution >= 4 is 27.5 Å². The molecular weight excluding hydrogens is 340 g/mol. The fourth-order valence-electron chi connectivity index (χ4n) is 2.69. The highest BCUT2D eigenvalue weighted by atomic mass is 32.2. The summed E-state index contributed by atoms with van der Waals surface area (Å²) >= 11 is 0. The molecule has 0 radical (unpaired) electrons. The van der Waals surface area contributed by atoms with E-state index in [4.69, 9.17) is 0 Å². The van der Waals surface area contributed by atoms with Gasteiger partial charge in [-0.3, -0.25) is 9.59 Å². The Labute approximate surface area is 146 Å². The van der Waals surface area contributed by atoms with Gasteiger partial charge < -0.3 is 5.32 Å². The Hall–Kier alpha value is -2.67. The number of sulfonamides is 1. The molecular formula is C18H18N2O4S. The van der Waals surface area contributed by atoms with Gasteiger partial charge in [0.1, 0.15) is 11.4 Å². The van der Waals surface area contributed by atoms with Crippen molar-refractivity contribution in [2.24, 2.45) is 0 Å². The van der Waals surface area contributed by atoms with Crippen molar-refractivity contribution in [3.63, 3.8) is 0 Å². The van der Waals surface area contributed by atoms with Crippen molar-refractivity contribution in [2.45, 2.75) is 24.7 Å². The van der Waals surface area contributed by atoms with Crippen LogP contribution < -0.4 is 5.32 Å². The zero-order chi connectivity index (χ0) is 18.2. The molecule has 0 saturated heterocycles. The van der Waals surface area contributed by atoms with E-state index in [2.05, 4.69) is 5.32 Å². The quantitative estimate of drug-likeness (QED) is 0.910. The summed E-state index contributed by atoms with van der Waals surface area (Å²) in [4.78, 5) is 24.5. The van der Waals surface area contributed by atoms with Crippen molar-refractivity contribution in [3.05, 3.63) is 59.7 Å².